The molecular formula is C17H16N2OS. The van der Waals surface area contributed by atoms with Crippen molar-refractivity contribution >= 4 is 21.6 Å². The van der Waals surface area contributed by atoms with E-state index in [1.54, 1.807) is 11.3 Å². The second-order valence-electron chi connectivity index (χ2n) is 5.30. The first-order valence-corrected chi connectivity index (χ1v) is 7.97. The molecular weight excluding hydrogens is 280 g/mol. The maximum Gasteiger partial charge on any atom is 0.127 e. The van der Waals surface area contributed by atoms with E-state index in [-0.39, 0.29) is 0 Å². The van der Waals surface area contributed by atoms with Crippen molar-refractivity contribution in [3.05, 3.63) is 58.1 Å². The quantitative estimate of drug-likeness (QED) is 0.807. The van der Waals surface area contributed by atoms with Crippen molar-refractivity contribution in [2.45, 2.75) is 19.4 Å². The summed E-state index contributed by atoms with van der Waals surface area (Å²) in [5.41, 5.74) is 10.6. The Morgan fingerprint density at radius 3 is 3.00 bits per heavy atom. The maximum atomic E-state index is 5.85. The minimum atomic E-state index is 0.524. The van der Waals surface area contributed by atoms with Crippen LogP contribution >= 0.6 is 11.3 Å². The minimum absolute atomic E-state index is 0.524. The molecule has 2 N–H and O–H groups in total. The summed E-state index contributed by atoms with van der Waals surface area (Å²) >= 11 is 1.77. The van der Waals surface area contributed by atoms with Crippen molar-refractivity contribution in [3.63, 3.8) is 0 Å². The van der Waals surface area contributed by atoms with Crippen LogP contribution in [0.2, 0.25) is 0 Å². The van der Waals surface area contributed by atoms with Crippen LogP contribution in [0.1, 0.15) is 21.7 Å². The second kappa shape index (κ2) is 5.13. The van der Waals surface area contributed by atoms with Crippen LogP contribution in [0.25, 0.3) is 10.2 Å². The highest BCUT2D eigenvalue weighted by molar-refractivity contribution is 7.18. The molecule has 3 nitrogen and oxygen atoms in total. The Labute approximate surface area is 127 Å². The number of hydrogen-bond donors (Lipinski definition) is 1. The van der Waals surface area contributed by atoms with Crippen molar-refractivity contribution in [2.75, 3.05) is 6.61 Å². The van der Waals surface area contributed by atoms with E-state index in [9.17, 15) is 0 Å². The Morgan fingerprint density at radius 1 is 1.24 bits per heavy atom. The van der Waals surface area contributed by atoms with Gasteiger partial charge in [0, 0.05) is 24.9 Å². The number of nitrogens with two attached hydrogens (primary N) is 1. The normalized spacial score (nSPS) is 13.4. The van der Waals surface area contributed by atoms with E-state index in [0.29, 0.717) is 6.54 Å². The van der Waals surface area contributed by atoms with Crippen LogP contribution in [0.3, 0.4) is 0 Å². The molecule has 1 aromatic heterocycles. The summed E-state index contributed by atoms with van der Waals surface area (Å²) in [5.74, 6) is 1.01. The molecule has 1 aliphatic heterocycles. The lowest BCUT2D eigenvalue weighted by molar-refractivity contribution is 0.353. The lowest BCUT2D eigenvalue weighted by atomic mass is 10.0. The molecule has 3 aromatic rings. The highest BCUT2D eigenvalue weighted by atomic mass is 32.1. The molecule has 4 heteroatoms. The van der Waals surface area contributed by atoms with Gasteiger partial charge in [0.2, 0.25) is 0 Å². The monoisotopic (exact) mass is 296 g/mol. The van der Waals surface area contributed by atoms with E-state index >= 15 is 0 Å². The van der Waals surface area contributed by atoms with Crippen molar-refractivity contribution in [2.24, 2.45) is 5.73 Å². The van der Waals surface area contributed by atoms with Crippen LogP contribution in [0.15, 0.2) is 36.4 Å². The van der Waals surface area contributed by atoms with Gasteiger partial charge >= 0.3 is 0 Å². The first kappa shape index (κ1) is 12.8. The van der Waals surface area contributed by atoms with Gasteiger partial charge in [0.25, 0.3) is 0 Å². The highest BCUT2D eigenvalue weighted by Gasteiger charge is 2.17. The summed E-state index contributed by atoms with van der Waals surface area (Å²) in [5, 5.41) is 1.15. The van der Waals surface area contributed by atoms with E-state index in [0.717, 1.165) is 41.3 Å². The van der Waals surface area contributed by atoms with Crippen molar-refractivity contribution < 1.29 is 4.74 Å². The Bertz CT molecular complexity index is 777. The smallest absolute Gasteiger partial charge is 0.127 e. The van der Waals surface area contributed by atoms with Crippen LogP contribution in [-0.2, 0) is 19.4 Å². The number of hydrogen-bond acceptors (Lipinski definition) is 4. The number of rotatable bonds is 3. The Balaban J connectivity index is 1.70. The molecule has 1 aliphatic rings. The molecule has 106 valence electrons. The zero-order valence-electron chi connectivity index (χ0n) is 11.6. The van der Waals surface area contributed by atoms with E-state index in [4.69, 9.17) is 15.5 Å². The van der Waals surface area contributed by atoms with Gasteiger partial charge < -0.3 is 10.5 Å². The van der Waals surface area contributed by atoms with E-state index in [1.807, 2.05) is 6.07 Å². The van der Waals surface area contributed by atoms with Crippen LogP contribution in [0, 0.1) is 0 Å². The number of para-hydroxylation sites is 1. The summed E-state index contributed by atoms with van der Waals surface area (Å²) in [7, 11) is 0. The molecule has 2 heterocycles. The molecule has 0 saturated carbocycles. The standard InChI is InChI=1S/C17H16N2OS/c18-10-13-8-11(7-12-5-6-20-17(12)13)9-16-19-14-3-1-2-4-15(14)21-16/h1-4,7-8H,5-6,9-10,18H2. The molecule has 4 rings (SSSR count). The van der Waals surface area contributed by atoms with Gasteiger partial charge in [0.15, 0.2) is 0 Å². The van der Waals surface area contributed by atoms with Crippen molar-refractivity contribution in [3.8, 4) is 5.75 Å². The third-order valence-corrected chi connectivity index (χ3v) is 4.87. The summed E-state index contributed by atoms with van der Waals surface area (Å²) in [6, 6.07) is 12.7. The molecule has 0 aliphatic carbocycles. The fraction of sp³-hybridized carbons (Fsp3) is 0.235. The van der Waals surface area contributed by atoms with Gasteiger partial charge in [-0.05, 0) is 23.3 Å². The molecule has 0 unspecified atom stereocenters. The molecule has 2 aromatic carbocycles. The average molecular weight is 296 g/mol. The molecule has 0 atom stereocenters. The number of ether oxygens (including phenoxy) is 1. The third kappa shape index (κ3) is 2.30. The first-order chi connectivity index (χ1) is 10.3. The minimum Gasteiger partial charge on any atom is -0.493 e. The Hall–Kier alpha value is -1.91. The second-order valence-corrected chi connectivity index (χ2v) is 6.41. The SMILES string of the molecule is NCc1cc(Cc2nc3ccccc3s2)cc2c1OCC2. The summed E-state index contributed by atoms with van der Waals surface area (Å²) in [6.45, 7) is 1.29. The largest absolute Gasteiger partial charge is 0.493 e. The third-order valence-electron chi connectivity index (χ3n) is 3.83. The summed E-state index contributed by atoms with van der Waals surface area (Å²) in [6.07, 6.45) is 1.84. The van der Waals surface area contributed by atoms with Crippen molar-refractivity contribution in [1.29, 1.82) is 0 Å². The highest BCUT2D eigenvalue weighted by Crippen LogP contribution is 2.32. The van der Waals surface area contributed by atoms with Gasteiger partial charge in [-0.1, -0.05) is 24.3 Å². The number of nitrogens with zero attached hydrogens (tertiary/aromatic N) is 1. The molecule has 0 radical (unpaired) electrons. The van der Waals surface area contributed by atoms with Crippen LogP contribution in [0.5, 0.6) is 5.75 Å². The van der Waals surface area contributed by atoms with Crippen LogP contribution in [-0.4, -0.2) is 11.6 Å². The summed E-state index contributed by atoms with van der Waals surface area (Å²) < 4.78 is 6.93. The molecule has 0 saturated heterocycles. The number of fused-ring (bicyclic) bond motifs is 2. The molecule has 0 fully saturated rings. The zero-order valence-corrected chi connectivity index (χ0v) is 12.5. The number of thiazole rings is 1. The average Bonchev–Trinajstić information content (AvgIpc) is 3.11. The Kier molecular flexibility index (Phi) is 3.13. The van der Waals surface area contributed by atoms with Crippen molar-refractivity contribution in [1.82, 2.24) is 4.98 Å². The predicted molar refractivity (Wildman–Crippen MR) is 86.0 cm³/mol. The van der Waals surface area contributed by atoms with E-state index < -0.39 is 0 Å². The summed E-state index contributed by atoms with van der Waals surface area (Å²) in [4.78, 5) is 4.71. The fourth-order valence-electron chi connectivity index (χ4n) is 2.88. The Morgan fingerprint density at radius 2 is 2.14 bits per heavy atom. The molecule has 0 bridgehead atoms. The molecule has 0 spiro atoms. The van der Waals surface area contributed by atoms with E-state index in [2.05, 4.69) is 30.3 Å². The van der Waals surface area contributed by atoms with Gasteiger partial charge in [-0.3, -0.25) is 0 Å². The predicted octanol–water partition coefficient (Wildman–Crippen LogP) is 3.28. The first-order valence-electron chi connectivity index (χ1n) is 7.15. The lowest BCUT2D eigenvalue weighted by Crippen LogP contribution is -2.01. The van der Waals surface area contributed by atoms with Gasteiger partial charge in [0.1, 0.15) is 5.75 Å². The zero-order chi connectivity index (χ0) is 14.2. The lowest BCUT2D eigenvalue weighted by Gasteiger charge is -2.08. The van der Waals surface area contributed by atoms with Gasteiger partial charge in [0.05, 0.1) is 21.8 Å². The number of aromatic nitrogens is 1. The maximum absolute atomic E-state index is 5.85. The fourth-order valence-corrected chi connectivity index (χ4v) is 3.89. The van der Waals surface area contributed by atoms with Gasteiger partial charge in [-0.2, -0.15) is 0 Å². The van der Waals surface area contributed by atoms with Gasteiger partial charge in [-0.15, -0.1) is 11.3 Å². The number of benzene rings is 2. The van der Waals surface area contributed by atoms with E-state index in [1.165, 1.54) is 15.8 Å². The van der Waals surface area contributed by atoms with Crippen LogP contribution < -0.4 is 10.5 Å². The molecule has 0 amide bonds. The topological polar surface area (TPSA) is 48.1 Å². The van der Waals surface area contributed by atoms with Crippen LogP contribution in [0.4, 0.5) is 0 Å². The molecule has 21 heavy (non-hydrogen) atoms. The van der Waals surface area contributed by atoms with Gasteiger partial charge in [-0.25, -0.2) is 4.98 Å².